The second-order valence-electron chi connectivity index (χ2n) is 5.45. The molecule has 0 radical (unpaired) electrons. The Balaban J connectivity index is 1.88. The minimum Gasteiger partial charge on any atom is -0.361 e. The number of carbonyl (C=O) groups is 1. The molecule has 1 amide bonds. The first-order valence-electron chi connectivity index (χ1n) is 6.93. The van der Waals surface area contributed by atoms with Crippen LogP contribution < -0.4 is 5.32 Å². The van der Waals surface area contributed by atoms with Crippen molar-refractivity contribution in [2.45, 2.75) is 38.6 Å². The van der Waals surface area contributed by atoms with Gasteiger partial charge < -0.3 is 9.84 Å². The number of amides is 1. The maximum absolute atomic E-state index is 12.5. The smallest absolute Gasteiger partial charge is 0.257 e. The van der Waals surface area contributed by atoms with Gasteiger partial charge in [-0.1, -0.05) is 35.5 Å². The molecular weight excluding hydrogens is 252 g/mol. The van der Waals surface area contributed by atoms with E-state index >= 15 is 0 Å². The average molecular weight is 270 g/mol. The van der Waals surface area contributed by atoms with E-state index in [2.05, 4.69) is 22.6 Å². The lowest BCUT2D eigenvalue weighted by Crippen LogP contribution is -2.50. The summed E-state index contributed by atoms with van der Waals surface area (Å²) in [6.07, 6.45) is 3.09. The highest BCUT2D eigenvalue weighted by Gasteiger charge is 2.40. The molecule has 0 aliphatic heterocycles. The fourth-order valence-corrected chi connectivity index (χ4v) is 2.86. The minimum atomic E-state index is -0.228. The van der Waals surface area contributed by atoms with Crippen LogP contribution in [0.5, 0.6) is 0 Å². The topological polar surface area (TPSA) is 55.1 Å². The highest BCUT2D eigenvalue weighted by molar-refractivity contribution is 5.96. The Morgan fingerprint density at radius 3 is 2.45 bits per heavy atom. The lowest BCUT2D eigenvalue weighted by Gasteiger charge is -2.43. The van der Waals surface area contributed by atoms with E-state index in [1.165, 1.54) is 5.56 Å². The molecule has 1 N–H and O–H groups in total. The van der Waals surface area contributed by atoms with Gasteiger partial charge in [-0.3, -0.25) is 4.79 Å². The largest absolute Gasteiger partial charge is 0.361 e. The van der Waals surface area contributed by atoms with E-state index in [0.717, 1.165) is 19.3 Å². The van der Waals surface area contributed by atoms with Crippen molar-refractivity contribution in [1.29, 1.82) is 0 Å². The molecule has 1 aliphatic rings. The van der Waals surface area contributed by atoms with Gasteiger partial charge in [0.25, 0.3) is 5.91 Å². The van der Waals surface area contributed by atoms with Gasteiger partial charge in [0.05, 0.1) is 11.2 Å². The molecule has 104 valence electrons. The van der Waals surface area contributed by atoms with Crippen LogP contribution in [0.15, 0.2) is 34.9 Å². The molecule has 2 aromatic rings. The summed E-state index contributed by atoms with van der Waals surface area (Å²) in [6, 6.07) is 10.2. The number of hydrogen-bond donors (Lipinski definition) is 1. The van der Waals surface area contributed by atoms with Crippen LogP contribution in [0.3, 0.4) is 0 Å². The van der Waals surface area contributed by atoms with Crippen molar-refractivity contribution in [3.63, 3.8) is 0 Å². The molecule has 0 spiro atoms. The number of hydrogen-bond acceptors (Lipinski definition) is 3. The summed E-state index contributed by atoms with van der Waals surface area (Å²) in [5, 5.41) is 7.04. The number of aryl methyl sites for hydroxylation is 2. The summed E-state index contributed by atoms with van der Waals surface area (Å²) in [5.74, 6) is 0.479. The lowest BCUT2D eigenvalue weighted by atomic mass is 9.71. The zero-order valence-corrected chi connectivity index (χ0v) is 11.8. The van der Waals surface area contributed by atoms with Gasteiger partial charge in [0.1, 0.15) is 11.3 Å². The summed E-state index contributed by atoms with van der Waals surface area (Å²) in [6.45, 7) is 3.56. The monoisotopic (exact) mass is 270 g/mol. The quantitative estimate of drug-likeness (QED) is 0.932. The molecule has 0 unspecified atom stereocenters. The van der Waals surface area contributed by atoms with E-state index in [4.69, 9.17) is 4.52 Å². The van der Waals surface area contributed by atoms with E-state index in [0.29, 0.717) is 17.0 Å². The highest BCUT2D eigenvalue weighted by atomic mass is 16.5. The first-order valence-corrected chi connectivity index (χ1v) is 6.93. The van der Waals surface area contributed by atoms with E-state index < -0.39 is 0 Å². The molecule has 4 nitrogen and oxygen atoms in total. The molecule has 1 fully saturated rings. The maximum atomic E-state index is 12.5. The van der Waals surface area contributed by atoms with Crippen molar-refractivity contribution in [2.24, 2.45) is 0 Å². The van der Waals surface area contributed by atoms with E-state index in [9.17, 15) is 4.79 Å². The number of carbonyl (C=O) groups excluding carboxylic acids is 1. The number of aromatic nitrogens is 1. The first-order chi connectivity index (χ1) is 9.62. The zero-order valence-electron chi connectivity index (χ0n) is 11.8. The van der Waals surface area contributed by atoms with Gasteiger partial charge in [-0.25, -0.2) is 0 Å². The van der Waals surface area contributed by atoms with Crippen molar-refractivity contribution in [3.05, 3.63) is 52.9 Å². The van der Waals surface area contributed by atoms with Crippen molar-refractivity contribution >= 4 is 5.91 Å². The third-order valence-electron chi connectivity index (χ3n) is 4.15. The van der Waals surface area contributed by atoms with Crippen LogP contribution in [-0.4, -0.2) is 11.1 Å². The molecule has 20 heavy (non-hydrogen) atoms. The molecule has 0 saturated heterocycles. The van der Waals surface area contributed by atoms with E-state index in [-0.39, 0.29) is 11.4 Å². The average Bonchev–Trinajstić information content (AvgIpc) is 2.74. The standard InChI is InChI=1S/C16H18N2O2/c1-11-14(12(2)20-18-11)15(19)17-16(9-6-10-16)13-7-4-3-5-8-13/h3-5,7-8H,6,9-10H2,1-2H3,(H,17,19). The Morgan fingerprint density at radius 2 is 1.95 bits per heavy atom. The molecule has 1 saturated carbocycles. The summed E-state index contributed by atoms with van der Waals surface area (Å²) >= 11 is 0. The second-order valence-corrected chi connectivity index (χ2v) is 5.45. The number of nitrogens with zero attached hydrogens (tertiary/aromatic N) is 1. The maximum Gasteiger partial charge on any atom is 0.257 e. The van der Waals surface area contributed by atoms with Gasteiger partial charge in [0.15, 0.2) is 0 Å². The van der Waals surface area contributed by atoms with Gasteiger partial charge in [-0.15, -0.1) is 0 Å². The summed E-state index contributed by atoms with van der Waals surface area (Å²) in [4.78, 5) is 12.5. The molecule has 1 aromatic carbocycles. The van der Waals surface area contributed by atoms with Crippen LogP contribution in [0.1, 0.15) is 46.6 Å². The van der Waals surface area contributed by atoms with Gasteiger partial charge >= 0.3 is 0 Å². The number of benzene rings is 1. The van der Waals surface area contributed by atoms with Crippen molar-refractivity contribution in [1.82, 2.24) is 10.5 Å². The van der Waals surface area contributed by atoms with Gasteiger partial charge in [0.2, 0.25) is 0 Å². The SMILES string of the molecule is Cc1noc(C)c1C(=O)NC1(c2ccccc2)CCC1. The van der Waals surface area contributed by atoms with Crippen molar-refractivity contribution in [3.8, 4) is 0 Å². The Morgan fingerprint density at radius 1 is 1.25 bits per heavy atom. The fraction of sp³-hybridized carbons (Fsp3) is 0.375. The van der Waals surface area contributed by atoms with Crippen LogP contribution in [0.25, 0.3) is 0 Å². The summed E-state index contributed by atoms with van der Waals surface area (Å²) in [5.41, 5.74) is 2.15. The summed E-state index contributed by atoms with van der Waals surface area (Å²) < 4.78 is 5.08. The van der Waals surface area contributed by atoms with E-state index in [1.807, 2.05) is 18.2 Å². The normalized spacial score (nSPS) is 16.5. The molecule has 1 aliphatic carbocycles. The Bertz CT molecular complexity index is 608. The Kier molecular flexibility index (Phi) is 3.08. The van der Waals surface area contributed by atoms with Crippen LogP contribution in [-0.2, 0) is 5.54 Å². The molecule has 0 atom stereocenters. The Hall–Kier alpha value is -2.10. The predicted octanol–water partition coefficient (Wildman–Crippen LogP) is 3.10. The lowest BCUT2D eigenvalue weighted by molar-refractivity contribution is 0.0821. The van der Waals surface area contributed by atoms with Crippen LogP contribution in [0, 0.1) is 13.8 Å². The predicted molar refractivity (Wildman–Crippen MR) is 75.4 cm³/mol. The third kappa shape index (κ3) is 2.01. The van der Waals surface area contributed by atoms with E-state index in [1.54, 1.807) is 13.8 Å². The molecule has 4 heteroatoms. The first kappa shape index (κ1) is 12.9. The summed E-state index contributed by atoms with van der Waals surface area (Å²) in [7, 11) is 0. The van der Waals surface area contributed by atoms with Gasteiger partial charge in [0, 0.05) is 0 Å². The Labute approximate surface area is 118 Å². The fourth-order valence-electron chi connectivity index (χ4n) is 2.86. The molecule has 1 heterocycles. The number of rotatable bonds is 3. The van der Waals surface area contributed by atoms with Crippen LogP contribution >= 0.6 is 0 Å². The van der Waals surface area contributed by atoms with Crippen molar-refractivity contribution < 1.29 is 9.32 Å². The minimum absolute atomic E-state index is 0.0928. The number of nitrogens with one attached hydrogen (secondary N) is 1. The van der Waals surface area contributed by atoms with Gasteiger partial charge in [-0.2, -0.15) is 0 Å². The second kappa shape index (κ2) is 4.78. The molecule has 3 rings (SSSR count). The molecular formula is C16H18N2O2. The van der Waals surface area contributed by atoms with Gasteiger partial charge in [-0.05, 0) is 38.7 Å². The zero-order chi connectivity index (χ0) is 14.2. The van der Waals surface area contributed by atoms with Crippen molar-refractivity contribution in [2.75, 3.05) is 0 Å². The van der Waals surface area contributed by atoms with Crippen LogP contribution in [0.4, 0.5) is 0 Å². The third-order valence-corrected chi connectivity index (χ3v) is 4.15. The van der Waals surface area contributed by atoms with Crippen LogP contribution in [0.2, 0.25) is 0 Å². The molecule has 0 bridgehead atoms. The molecule has 1 aromatic heterocycles. The highest BCUT2D eigenvalue weighted by Crippen LogP contribution is 2.41.